The van der Waals surface area contributed by atoms with Gasteiger partial charge in [0.25, 0.3) is 5.69 Å². The van der Waals surface area contributed by atoms with E-state index in [4.69, 9.17) is 21.1 Å². The lowest BCUT2D eigenvalue weighted by atomic mass is 9.82. The van der Waals surface area contributed by atoms with Crippen molar-refractivity contribution in [1.29, 1.82) is 0 Å². The zero-order valence-corrected chi connectivity index (χ0v) is 25.2. The highest BCUT2D eigenvalue weighted by molar-refractivity contribution is 8.00. The highest BCUT2D eigenvalue weighted by Gasteiger charge is 2.57. The number of anilines is 1. The van der Waals surface area contributed by atoms with E-state index < -0.39 is 39.8 Å². The average molecular weight is 652 g/mol. The SMILES string of the molecule is CCOC(=O)c1ccc(N2C(=O)[C@H]3[C@H](c4cc([N+](=O)[O-])ccc4OCc4cccc(Cl)c4)c4sc(=O)[nH]c4S[C@H]3C2=O)cc1. The Kier molecular flexibility index (Phi) is 8.01. The molecule has 0 unspecified atom stereocenters. The first-order valence-electron chi connectivity index (χ1n) is 13.4. The molecule has 11 nitrogen and oxygen atoms in total. The van der Waals surface area contributed by atoms with Gasteiger partial charge in [-0.05, 0) is 55.0 Å². The molecule has 2 amide bonds. The maximum atomic E-state index is 14.1. The van der Waals surface area contributed by atoms with Crippen molar-refractivity contribution in [2.75, 3.05) is 11.5 Å². The fraction of sp³-hybridized carbons (Fsp3) is 0.200. The quantitative estimate of drug-likeness (QED) is 0.112. The number of ether oxygens (including phenoxy) is 2. The molecule has 4 aromatic rings. The van der Waals surface area contributed by atoms with Crippen LogP contribution in [-0.4, -0.2) is 39.5 Å². The number of nitro benzene ring substituents is 1. The number of halogens is 1. The van der Waals surface area contributed by atoms with Gasteiger partial charge in [-0.15, -0.1) is 0 Å². The van der Waals surface area contributed by atoms with E-state index in [1.807, 2.05) is 6.07 Å². The first kappa shape index (κ1) is 29.6. The molecular formula is C30H22ClN3O8S2. The van der Waals surface area contributed by atoms with Gasteiger partial charge in [-0.3, -0.25) is 24.5 Å². The van der Waals surface area contributed by atoms with Crippen molar-refractivity contribution in [3.8, 4) is 5.75 Å². The van der Waals surface area contributed by atoms with Gasteiger partial charge in [0, 0.05) is 33.5 Å². The normalized spacial score (nSPS) is 19.0. The number of non-ortho nitro benzene ring substituents is 1. The second-order valence-electron chi connectivity index (χ2n) is 9.93. The van der Waals surface area contributed by atoms with Crippen molar-refractivity contribution < 1.29 is 28.8 Å². The van der Waals surface area contributed by atoms with E-state index in [9.17, 15) is 29.3 Å². The molecule has 44 heavy (non-hydrogen) atoms. The highest BCUT2D eigenvalue weighted by Crippen LogP contribution is 2.55. The van der Waals surface area contributed by atoms with Gasteiger partial charge in [0.05, 0.1) is 33.7 Å². The number of nitrogens with one attached hydrogen (secondary N) is 1. The number of carbonyl (C=O) groups excluding carboxylic acids is 3. The van der Waals surface area contributed by atoms with Crippen LogP contribution in [0.3, 0.4) is 0 Å². The van der Waals surface area contributed by atoms with Crippen molar-refractivity contribution in [2.45, 2.75) is 29.7 Å². The summed E-state index contributed by atoms with van der Waals surface area (Å²) in [6, 6.07) is 17.0. The number of imide groups is 1. The van der Waals surface area contributed by atoms with Crippen molar-refractivity contribution in [1.82, 2.24) is 4.98 Å². The van der Waals surface area contributed by atoms with Gasteiger partial charge >= 0.3 is 10.8 Å². The minimum atomic E-state index is -1.01. The first-order valence-corrected chi connectivity index (χ1v) is 15.4. The van der Waals surface area contributed by atoms with Crippen LogP contribution in [0.1, 0.15) is 39.2 Å². The Morgan fingerprint density at radius 2 is 1.84 bits per heavy atom. The molecule has 0 spiro atoms. The molecule has 3 heterocycles. The van der Waals surface area contributed by atoms with Crippen LogP contribution in [0.2, 0.25) is 5.02 Å². The van der Waals surface area contributed by atoms with Crippen LogP contribution in [-0.2, 0) is 20.9 Å². The third-order valence-electron chi connectivity index (χ3n) is 7.28. The van der Waals surface area contributed by atoms with Crippen molar-refractivity contribution in [3.63, 3.8) is 0 Å². The van der Waals surface area contributed by atoms with Gasteiger partial charge < -0.3 is 14.5 Å². The lowest BCUT2D eigenvalue weighted by molar-refractivity contribution is -0.385. The number of aromatic amines is 1. The van der Waals surface area contributed by atoms with Gasteiger partial charge in [-0.2, -0.15) is 0 Å². The summed E-state index contributed by atoms with van der Waals surface area (Å²) in [7, 11) is 0. The molecule has 0 radical (unpaired) electrons. The number of hydrogen-bond donors (Lipinski definition) is 1. The number of rotatable bonds is 8. The highest BCUT2D eigenvalue weighted by atomic mass is 35.5. The molecule has 2 aliphatic heterocycles. The van der Waals surface area contributed by atoms with Crippen molar-refractivity contribution in [2.24, 2.45) is 5.92 Å². The zero-order valence-electron chi connectivity index (χ0n) is 22.9. The summed E-state index contributed by atoms with van der Waals surface area (Å²) in [5.41, 5.74) is 1.33. The number of nitro groups is 1. The molecule has 0 saturated carbocycles. The monoisotopic (exact) mass is 651 g/mol. The standard InChI is InChI=1S/C30H22ClN3O8S2/c1-2-41-29(37)16-6-8-18(9-7-16)33-27(35)23-22(24-26(32-30(38)44-24)43-25(23)28(33)36)20-13-19(34(39)40)10-11-21(20)42-14-15-4-3-5-17(31)12-15/h3-13,22-23,25H,2,14H2,1H3,(H,32,38)/t22-,23-,25+/m0/s1. The van der Waals surface area contributed by atoms with E-state index in [1.54, 1.807) is 25.1 Å². The summed E-state index contributed by atoms with van der Waals surface area (Å²) in [6.07, 6.45) is 0. The van der Waals surface area contributed by atoms with Crippen LogP contribution in [0.5, 0.6) is 5.75 Å². The number of thioether (sulfide) groups is 1. The Labute approximate surface area is 262 Å². The molecular weight excluding hydrogens is 630 g/mol. The molecule has 0 bridgehead atoms. The van der Waals surface area contributed by atoms with Crippen molar-refractivity contribution >= 4 is 63.9 Å². The molecule has 6 rings (SSSR count). The third kappa shape index (κ3) is 5.38. The lowest BCUT2D eigenvalue weighted by Gasteiger charge is -2.30. The number of aromatic nitrogens is 1. The molecule has 3 atom stereocenters. The number of H-pyrrole nitrogens is 1. The number of amides is 2. The molecule has 1 saturated heterocycles. The maximum absolute atomic E-state index is 14.1. The summed E-state index contributed by atoms with van der Waals surface area (Å²) in [4.78, 5) is 67.8. The van der Waals surface area contributed by atoms with E-state index >= 15 is 0 Å². The fourth-order valence-electron chi connectivity index (χ4n) is 5.38. The number of nitrogens with zero attached hydrogens (tertiary/aromatic N) is 2. The van der Waals surface area contributed by atoms with Gasteiger partial charge in [0.1, 0.15) is 17.6 Å². The molecule has 2 aliphatic rings. The molecule has 1 N–H and O–H groups in total. The second-order valence-corrected chi connectivity index (χ2v) is 12.5. The van der Waals surface area contributed by atoms with Gasteiger partial charge in [0.2, 0.25) is 11.8 Å². The number of benzene rings is 3. The molecule has 1 fully saturated rings. The van der Waals surface area contributed by atoms with Gasteiger partial charge in [0.15, 0.2) is 0 Å². The Balaban J connectivity index is 1.43. The largest absolute Gasteiger partial charge is 0.489 e. The summed E-state index contributed by atoms with van der Waals surface area (Å²) >= 11 is 8.09. The third-order valence-corrected chi connectivity index (χ3v) is 9.92. The molecule has 3 aromatic carbocycles. The number of fused-ring (bicyclic) bond motifs is 2. The van der Waals surface area contributed by atoms with E-state index in [2.05, 4.69) is 4.98 Å². The van der Waals surface area contributed by atoms with Crippen molar-refractivity contribution in [3.05, 3.63) is 113 Å². The first-order chi connectivity index (χ1) is 21.2. The second kappa shape index (κ2) is 11.9. The van der Waals surface area contributed by atoms with Gasteiger partial charge in [-0.1, -0.05) is 46.8 Å². The Morgan fingerprint density at radius 3 is 2.55 bits per heavy atom. The smallest absolute Gasteiger partial charge is 0.338 e. The van der Waals surface area contributed by atoms with E-state index in [0.717, 1.165) is 33.6 Å². The summed E-state index contributed by atoms with van der Waals surface area (Å²) in [6.45, 7) is 1.95. The van der Waals surface area contributed by atoms with Crippen LogP contribution >= 0.6 is 34.7 Å². The molecule has 1 aromatic heterocycles. The summed E-state index contributed by atoms with van der Waals surface area (Å²) in [5.74, 6) is -3.24. The van der Waals surface area contributed by atoms with E-state index in [-0.39, 0.29) is 40.8 Å². The number of thiazole rings is 1. The summed E-state index contributed by atoms with van der Waals surface area (Å²) < 4.78 is 11.2. The average Bonchev–Trinajstić information content (AvgIpc) is 3.50. The Morgan fingerprint density at radius 1 is 1.07 bits per heavy atom. The van der Waals surface area contributed by atoms with Crippen LogP contribution in [0.15, 0.2) is 76.6 Å². The number of carbonyl (C=O) groups is 3. The predicted molar refractivity (Wildman–Crippen MR) is 164 cm³/mol. The van der Waals surface area contributed by atoms with E-state index in [1.165, 1.54) is 42.5 Å². The number of esters is 1. The Bertz CT molecular complexity index is 1870. The fourth-order valence-corrected chi connectivity index (χ4v) is 8.10. The molecule has 14 heteroatoms. The van der Waals surface area contributed by atoms with E-state index in [0.29, 0.717) is 20.5 Å². The van der Waals surface area contributed by atoms with Gasteiger partial charge in [-0.25, -0.2) is 9.69 Å². The topological polar surface area (TPSA) is 149 Å². The maximum Gasteiger partial charge on any atom is 0.338 e. The zero-order chi connectivity index (χ0) is 31.1. The predicted octanol–water partition coefficient (Wildman–Crippen LogP) is 5.55. The lowest BCUT2D eigenvalue weighted by Crippen LogP contribution is -2.32. The van der Waals surface area contributed by atoms with Crippen LogP contribution < -0.4 is 14.5 Å². The van der Waals surface area contributed by atoms with Crippen LogP contribution in [0, 0.1) is 16.0 Å². The van der Waals surface area contributed by atoms with Crippen LogP contribution in [0.25, 0.3) is 0 Å². The number of hydrogen-bond acceptors (Lipinski definition) is 10. The summed E-state index contributed by atoms with van der Waals surface area (Å²) in [5, 5.41) is 11.8. The minimum absolute atomic E-state index is 0.0724. The van der Waals surface area contributed by atoms with Crippen LogP contribution in [0.4, 0.5) is 11.4 Å². The molecule has 0 aliphatic carbocycles. The minimum Gasteiger partial charge on any atom is -0.489 e. The molecule has 224 valence electrons. The Hall–Kier alpha value is -4.46.